The van der Waals surface area contributed by atoms with Crippen molar-refractivity contribution in [1.29, 1.82) is 0 Å². The van der Waals surface area contributed by atoms with Crippen LogP contribution in [-0.2, 0) is 32.6 Å². The van der Waals surface area contributed by atoms with E-state index in [4.69, 9.17) is 9.47 Å². The molecule has 1 heterocycles. The van der Waals surface area contributed by atoms with Crippen LogP contribution in [0.2, 0.25) is 0 Å². The van der Waals surface area contributed by atoms with Gasteiger partial charge in [-0.15, -0.1) is 0 Å². The monoisotopic (exact) mass is 593 g/mol. The highest BCUT2D eigenvalue weighted by atomic mass is 32.2. The van der Waals surface area contributed by atoms with Crippen LogP contribution in [0.4, 0.5) is 5.69 Å². The number of rotatable bonds is 14. The Balaban J connectivity index is 1.56. The molecule has 0 radical (unpaired) electrons. The first kappa shape index (κ1) is 30.9. The van der Waals surface area contributed by atoms with Gasteiger partial charge in [-0.3, -0.25) is 13.9 Å². The molecule has 10 heteroatoms. The molecule has 2 atom stereocenters. The quantitative estimate of drug-likeness (QED) is 0.295. The minimum Gasteiger partial charge on any atom is -0.454 e. The van der Waals surface area contributed by atoms with Gasteiger partial charge >= 0.3 is 0 Å². The van der Waals surface area contributed by atoms with Crippen molar-refractivity contribution in [2.24, 2.45) is 0 Å². The largest absolute Gasteiger partial charge is 0.454 e. The second kappa shape index (κ2) is 14.2. The van der Waals surface area contributed by atoms with Gasteiger partial charge in [-0.25, -0.2) is 8.42 Å². The molecule has 1 N–H and O–H groups in total. The standard InChI is InChI=1S/C32H39N3O6S/c1-4-24(2)33-32(37)28(20-25-12-7-5-8-13-25)34(22-26-14-9-6-10-15-26)31(36)16-11-19-35(42(3,38)39)27-17-18-29-30(21-27)41-23-40-29/h5-10,12-15,17-18,21,24,28H,4,11,16,19-20,22-23H2,1-3H3,(H,33,37)/t24-,28+/m0/s1. The first-order valence-electron chi connectivity index (χ1n) is 14.2. The van der Waals surface area contributed by atoms with Crippen molar-refractivity contribution in [2.75, 3.05) is 23.9 Å². The molecule has 0 aliphatic carbocycles. The molecule has 3 aromatic carbocycles. The van der Waals surface area contributed by atoms with E-state index < -0.39 is 16.1 Å². The topological polar surface area (TPSA) is 105 Å². The summed E-state index contributed by atoms with van der Waals surface area (Å²) in [6.45, 7) is 4.36. The third-order valence-electron chi connectivity index (χ3n) is 7.26. The first-order chi connectivity index (χ1) is 20.2. The summed E-state index contributed by atoms with van der Waals surface area (Å²) < 4.78 is 37.5. The molecule has 0 unspecified atom stereocenters. The third-order valence-corrected chi connectivity index (χ3v) is 8.46. The number of anilines is 1. The molecule has 0 aromatic heterocycles. The molecule has 1 aliphatic heterocycles. The molecule has 0 bridgehead atoms. The molecule has 0 saturated carbocycles. The smallest absolute Gasteiger partial charge is 0.243 e. The van der Waals surface area contributed by atoms with E-state index in [0.717, 1.165) is 23.8 Å². The zero-order chi connectivity index (χ0) is 30.1. The maximum absolute atomic E-state index is 13.9. The molecule has 0 spiro atoms. The lowest BCUT2D eigenvalue weighted by atomic mass is 10.0. The summed E-state index contributed by atoms with van der Waals surface area (Å²) in [6, 6.07) is 23.4. The van der Waals surface area contributed by atoms with Gasteiger partial charge in [-0.05, 0) is 43.0 Å². The van der Waals surface area contributed by atoms with Crippen molar-refractivity contribution in [3.63, 3.8) is 0 Å². The van der Waals surface area contributed by atoms with Crippen molar-refractivity contribution < 1.29 is 27.5 Å². The van der Waals surface area contributed by atoms with Gasteiger partial charge in [0, 0.05) is 38.0 Å². The summed E-state index contributed by atoms with van der Waals surface area (Å²) in [6.07, 6.45) is 2.57. The Morgan fingerprint density at radius 1 is 0.929 bits per heavy atom. The normalized spacial score (nSPS) is 13.7. The van der Waals surface area contributed by atoms with Gasteiger partial charge < -0.3 is 19.7 Å². The van der Waals surface area contributed by atoms with E-state index in [9.17, 15) is 18.0 Å². The number of amides is 2. The van der Waals surface area contributed by atoms with E-state index in [0.29, 0.717) is 23.6 Å². The van der Waals surface area contributed by atoms with Crippen LogP contribution in [0.5, 0.6) is 11.5 Å². The zero-order valence-electron chi connectivity index (χ0n) is 24.4. The van der Waals surface area contributed by atoms with Crippen LogP contribution in [0.3, 0.4) is 0 Å². The molecule has 0 fully saturated rings. The fourth-order valence-electron chi connectivity index (χ4n) is 4.82. The SMILES string of the molecule is CC[C@H](C)NC(=O)[C@@H](Cc1ccccc1)N(Cc1ccccc1)C(=O)CCCN(c1ccc2c(c1)OCO2)S(C)(=O)=O. The second-order valence-corrected chi connectivity index (χ2v) is 12.4. The molecule has 0 saturated heterocycles. The van der Waals surface area contributed by atoms with Gasteiger partial charge in [-0.2, -0.15) is 0 Å². The summed E-state index contributed by atoms with van der Waals surface area (Å²) in [4.78, 5) is 29.2. The first-order valence-corrected chi connectivity index (χ1v) is 16.1. The lowest BCUT2D eigenvalue weighted by Crippen LogP contribution is -2.52. The lowest BCUT2D eigenvalue weighted by molar-refractivity contribution is -0.141. The zero-order valence-corrected chi connectivity index (χ0v) is 25.2. The molecule has 224 valence electrons. The molecule has 1 aliphatic rings. The van der Waals surface area contributed by atoms with Crippen molar-refractivity contribution in [1.82, 2.24) is 10.2 Å². The Labute approximate surface area is 248 Å². The number of nitrogens with zero attached hydrogens (tertiary/aromatic N) is 2. The van der Waals surface area contributed by atoms with Gasteiger partial charge in [0.25, 0.3) is 0 Å². The van der Waals surface area contributed by atoms with Crippen LogP contribution in [0.15, 0.2) is 78.9 Å². The number of sulfonamides is 1. The van der Waals surface area contributed by atoms with Gasteiger partial charge in [0.2, 0.25) is 28.6 Å². The van der Waals surface area contributed by atoms with Crippen LogP contribution < -0.4 is 19.1 Å². The van der Waals surface area contributed by atoms with Crippen molar-refractivity contribution in [2.45, 2.75) is 58.2 Å². The average Bonchev–Trinajstić information content (AvgIpc) is 3.45. The van der Waals surface area contributed by atoms with Crippen molar-refractivity contribution in [3.8, 4) is 11.5 Å². The Hall–Kier alpha value is -4.05. The van der Waals surface area contributed by atoms with E-state index in [1.54, 1.807) is 23.1 Å². The Morgan fingerprint density at radius 3 is 2.21 bits per heavy atom. The van der Waals surface area contributed by atoms with Crippen molar-refractivity contribution >= 4 is 27.5 Å². The number of carbonyl (C=O) groups excluding carboxylic acids is 2. The minimum absolute atomic E-state index is 0.0468. The predicted molar refractivity (Wildman–Crippen MR) is 163 cm³/mol. The van der Waals surface area contributed by atoms with E-state index in [1.807, 2.05) is 74.5 Å². The summed E-state index contributed by atoms with van der Waals surface area (Å²) >= 11 is 0. The van der Waals surface area contributed by atoms with E-state index in [-0.39, 0.29) is 50.6 Å². The minimum atomic E-state index is -3.64. The molecular weight excluding hydrogens is 554 g/mol. The summed E-state index contributed by atoms with van der Waals surface area (Å²) in [5.41, 5.74) is 2.28. The number of fused-ring (bicyclic) bond motifs is 1. The second-order valence-electron chi connectivity index (χ2n) is 10.5. The number of benzene rings is 3. The highest BCUT2D eigenvalue weighted by Crippen LogP contribution is 2.36. The number of carbonyl (C=O) groups is 2. The highest BCUT2D eigenvalue weighted by Gasteiger charge is 2.31. The molecule has 42 heavy (non-hydrogen) atoms. The molecule has 2 amide bonds. The van der Waals surface area contributed by atoms with Gasteiger partial charge in [0.1, 0.15) is 6.04 Å². The number of hydrogen-bond donors (Lipinski definition) is 1. The van der Waals surface area contributed by atoms with Crippen LogP contribution >= 0.6 is 0 Å². The third kappa shape index (κ3) is 8.25. The summed E-state index contributed by atoms with van der Waals surface area (Å²) in [5.74, 6) is 0.593. The van der Waals surface area contributed by atoms with E-state index in [2.05, 4.69) is 5.32 Å². The van der Waals surface area contributed by atoms with Crippen LogP contribution in [-0.4, -0.2) is 56.8 Å². The lowest BCUT2D eigenvalue weighted by Gasteiger charge is -2.32. The number of nitrogens with one attached hydrogen (secondary N) is 1. The molecule has 4 rings (SSSR count). The van der Waals surface area contributed by atoms with Gasteiger partial charge in [-0.1, -0.05) is 67.6 Å². The van der Waals surface area contributed by atoms with Gasteiger partial charge in [0.15, 0.2) is 11.5 Å². The Bertz CT molecular complexity index is 1450. The highest BCUT2D eigenvalue weighted by molar-refractivity contribution is 7.92. The molecular formula is C32H39N3O6S. The predicted octanol–water partition coefficient (Wildman–Crippen LogP) is 4.52. The van der Waals surface area contributed by atoms with Crippen LogP contribution in [0.25, 0.3) is 0 Å². The number of hydrogen-bond acceptors (Lipinski definition) is 6. The fraction of sp³-hybridized carbons (Fsp3) is 0.375. The Kier molecular flexibility index (Phi) is 10.5. The maximum atomic E-state index is 13.9. The van der Waals surface area contributed by atoms with Crippen LogP contribution in [0.1, 0.15) is 44.2 Å². The molecule has 9 nitrogen and oxygen atoms in total. The maximum Gasteiger partial charge on any atom is 0.243 e. The summed E-state index contributed by atoms with van der Waals surface area (Å²) in [5, 5.41) is 3.06. The average molecular weight is 594 g/mol. The van der Waals surface area contributed by atoms with E-state index in [1.165, 1.54) is 4.31 Å². The summed E-state index contributed by atoms with van der Waals surface area (Å²) in [7, 11) is -3.64. The number of ether oxygens (including phenoxy) is 2. The van der Waals surface area contributed by atoms with Gasteiger partial charge in [0.05, 0.1) is 11.9 Å². The van der Waals surface area contributed by atoms with Crippen LogP contribution in [0, 0.1) is 0 Å². The van der Waals surface area contributed by atoms with E-state index >= 15 is 0 Å². The Morgan fingerprint density at radius 2 is 1.57 bits per heavy atom. The fourth-order valence-corrected chi connectivity index (χ4v) is 5.78. The molecule has 3 aromatic rings. The van der Waals surface area contributed by atoms with Crippen molar-refractivity contribution in [3.05, 3.63) is 90.0 Å².